The second-order valence-electron chi connectivity index (χ2n) is 2.94. The Morgan fingerprint density at radius 3 is 2.92 bits per heavy atom. The average Bonchev–Trinajstić information content (AvgIpc) is 2.43. The normalized spacial score (nSPS) is 11.0. The van der Waals surface area contributed by atoms with Gasteiger partial charge in [0.05, 0.1) is 5.88 Å². The number of hydrogen-bond donors (Lipinski definition) is 0. The smallest absolute Gasteiger partial charge is 0.182 e. The van der Waals surface area contributed by atoms with Crippen molar-refractivity contribution >= 4 is 33.0 Å². The number of halogens is 2. The summed E-state index contributed by atoms with van der Waals surface area (Å²) in [6, 6.07) is 5.83. The Hall–Kier alpha value is -0.600. The van der Waals surface area contributed by atoms with Crippen LogP contribution < -0.4 is 0 Å². The maximum absolute atomic E-state index is 13.3. The largest absolute Gasteiger partial charge is 0.195 e. The van der Waals surface area contributed by atoms with E-state index < -0.39 is 0 Å². The van der Waals surface area contributed by atoms with E-state index in [1.165, 1.54) is 11.3 Å². The van der Waals surface area contributed by atoms with Crippen LogP contribution in [0.2, 0.25) is 0 Å². The van der Waals surface area contributed by atoms with Crippen LogP contribution in [-0.4, -0.2) is 0 Å². The molecule has 0 atom stereocenters. The molecule has 0 amide bonds. The molecule has 0 unspecified atom stereocenters. The van der Waals surface area contributed by atoms with Gasteiger partial charge in [0.15, 0.2) is 5.13 Å². The van der Waals surface area contributed by atoms with Crippen LogP contribution in [0.4, 0.5) is 4.39 Å². The molecule has 0 nitrogen and oxygen atoms in total. The Labute approximate surface area is 85.0 Å². The Morgan fingerprint density at radius 2 is 2.23 bits per heavy atom. The van der Waals surface area contributed by atoms with Crippen molar-refractivity contribution in [2.45, 2.75) is 12.8 Å². The third-order valence-corrected chi connectivity index (χ3v) is 3.54. The molecular weight excluding hydrogens is 207 g/mol. The van der Waals surface area contributed by atoms with Crippen molar-refractivity contribution in [3.8, 4) is 0 Å². The highest BCUT2D eigenvalue weighted by Gasteiger charge is 2.11. The maximum atomic E-state index is 13.3. The van der Waals surface area contributed by atoms with Gasteiger partial charge in [-0.1, -0.05) is 18.2 Å². The van der Waals surface area contributed by atoms with Crippen molar-refractivity contribution < 1.29 is 4.39 Å². The predicted octanol–water partition coefficient (Wildman–Crippen LogP) is 4.09. The summed E-state index contributed by atoms with van der Waals surface area (Å²) in [6.45, 7) is 1.98. The lowest BCUT2D eigenvalue weighted by Gasteiger charge is -1.95. The van der Waals surface area contributed by atoms with Crippen LogP contribution in [-0.2, 0) is 5.88 Å². The summed E-state index contributed by atoms with van der Waals surface area (Å²) >= 11 is 6.85. The van der Waals surface area contributed by atoms with Gasteiger partial charge in [-0.3, -0.25) is 0 Å². The van der Waals surface area contributed by atoms with Gasteiger partial charge in [0.25, 0.3) is 0 Å². The van der Waals surface area contributed by atoms with E-state index in [2.05, 4.69) is 0 Å². The van der Waals surface area contributed by atoms with E-state index in [9.17, 15) is 4.39 Å². The number of aryl methyl sites for hydroxylation is 1. The molecule has 0 aliphatic rings. The van der Waals surface area contributed by atoms with E-state index in [0.29, 0.717) is 5.56 Å². The maximum Gasteiger partial charge on any atom is 0.182 e. The molecule has 0 aliphatic heterocycles. The lowest BCUT2D eigenvalue weighted by atomic mass is 10.1. The zero-order valence-corrected chi connectivity index (χ0v) is 8.68. The molecule has 1 aromatic carbocycles. The molecule has 3 heteroatoms. The van der Waals surface area contributed by atoms with E-state index in [-0.39, 0.29) is 11.0 Å². The molecule has 0 spiro atoms. The van der Waals surface area contributed by atoms with Gasteiger partial charge in [0, 0.05) is 15.6 Å². The number of alkyl halides is 1. The van der Waals surface area contributed by atoms with Gasteiger partial charge in [0.1, 0.15) is 0 Å². The molecular formula is C10H8ClFS. The van der Waals surface area contributed by atoms with Crippen LogP contribution in [0.25, 0.3) is 10.1 Å². The van der Waals surface area contributed by atoms with Gasteiger partial charge in [-0.15, -0.1) is 22.9 Å². The van der Waals surface area contributed by atoms with E-state index in [1.807, 2.05) is 25.1 Å². The first-order valence-corrected chi connectivity index (χ1v) is 5.31. The number of rotatable bonds is 1. The lowest BCUT2D eigenvalue weighted by molar-refractivity contribution is 0.648. The molecule has 0 saturated carbocycles. The third kappa shape index (κ3) is 1.34. The molecule has 0 aliphatic carbocycles. The summed E-state index contributed by atoms with van der Waals surface area (Å²) in [5.74, 6) is 0.245. The molecule has 0 fully saturated rings. The second kappa shape index (κ2) is 3.28. The Balaban J connectivity index is 2.86. The molecule has 2 aromatic rings. The van der Waals surface area contributed by atoms with Crippen LogP contribution >= 0.6 is 22.9 Å². The van der Waals surface area contributed by atoms with Crippen molar-refractivity contribution in [2.75, 3.05) is 0 Å². The second-order valence-corrected chi connectivity index (χ2v) is 4.18. The van der Waals surface area contributed by atoms with Crippen LogP contribution in [0.3, 0.4) is 0 Å². The van der Waals surface area contributed by atoms with E-state index in [4.69, 9.17) is 11.6 Å². The molecule has 1 aromatic heterocycles. The Bertz CT molecular complexity index is 447. The van der Waals surface area contributed by atoms with Crippen LogP contribution in [0.5, 0.6) is 0 Å². The summed E-state index contributed by atoms with van der Waals surface area (Å²) in [5.41, 5.74) is 1.74. The predicted molar refractivity (Wildman–Crippen MR) is 56.1 cm³/mol. The highest BCUT2D eigenvalue weighted by atomic mass is 35.5. The summed E-state index contributed by atoms with van der Waals surface area (Å²) in [6.07, 6.45) is 0. The first-order valence-electron chi connectivity index (χ1n) is 3.96. The van der Waals surface area contributed by atoms with E-state index >= 15 is 0 Å². The minimum Gasteiger partial charge on any atom is -0.195 e. The topological polar surface area (TPSA) is 0 Å². The highest BCUT2D eigenvalue weighted by Crippen LogP contribution is 2.32. The van der Waals surface area contributed by atoms with E-state index in [1.54, 1.807) is 0 Å². The minimum absolute atomic E-state index is 0.153. The van der Waals surface area contributed by atoms with Gasteiger partial charge < -0.3 is 0 Å². The number of hydrogen-bond acceptors (Lipinski definition) is 1. The van der Waals surface area contributed by atoms with Crippen molar-refractivity contribution in [1.82, 2.24) is 0 Å². The Morgan fingerprint density at radius 1 is 1.46 bits per heavy atom. The molecule has 0 N–H and O–H groups in total. The van der Waals surface area contributed by atoms with Crippen molar-refractivity contribution in [1.29, 1.82) is 0 Å². The molecule has 0 bridgehead atoms. The molecule has 0 radical (unpaired) electrons. The summed E-state index contributed by atoms with van der Waals surface area (Å²) in [5, 5.41) is 0.803. The summed E-state index contributed by atoms with van der Waals surface area (Å²) < 4.78 is 14.3. The fraction of sp³-hybridized carbons (Fsp3) is 0.200. The third-order valence-electron chi connectivity index (χ3n) is 2.10. The fourth-order valence-corrected chi connectivity index (χ4v) is 2.76. The first kappa shape index (κ1) is 8.97. The van der Waals surface area contributed by atoms with Gasteiger partial charge in [0.2, 0.25) is 0 Å². The van der Waals surface area contributed by atoms with E-state index in [0.717, 1.165) is 15.6 Å². The van der Waals surface area contributed by atoms with Crippen LogP contribution in [0, 0.1) is 12.1 Å². The SMILES string of the molecule is Cc1cccc2c(CCl)c(F)sc12. The zero-order valence-electron chi connectivity index (χ0n) is 7.10. The van der Waals surface area contributed by atoms with Crippen LogP contribution in [0.15, 0.2) is 18.2 Å². The van der Waals surface area contributed by atoms with Crippen molar-refractivity contribution in [3.05, 3.63) is 34.5 Å². The average molecular weight is 215 g/mol. The Kier molecular flexibility index (Phi) is 2.26. The first-order chi connectivity index (χ1) is 6.24. The lowest BCUT2D eigenvalue weighted by Crippen LogP contribution is -1.78. The summed E-state index contributed by atoms with van der Waals surface area (Å²) in [4.78, 5) is 0. The quantitative estimate of drug-likeness (QED) is 0.628. The van der Waals surface area contributed by atoms with Crippen molar-refractivity contribution in [2.24, 2.45) is 0 Å². The zero-order chi connectivity index (χ0) is 9.42. The monoisotopic (exact) mass is 214 g/mol. The summed E-state index contributed by atoms with van der Waals surface area (Å²) in [7, 11) is 0. The molecule has 1 heterocycles. The fourth-order valence-electron chi connectivity index (χ4n) is 1.41. The van der Waals surface area contributed by atoms with Gasteiger partial charge in [-0.05, 0) is 12.5 Å². The van der Waals surface area contributed by atoms with Crippen molar-refractivity contribution in [3.63, 3.8) is 0 Å². The molecule has 2 rings (SSSR count). The number of benzene rings is 1. The molecule has 13 heavy (non-hydrogen) atoms. The highest BCUT2D eigenvalue weighted by molar-refractivity contribution is 7.18. The van der Waals surface area contributed by atoms with Crippen LogP contribution in [0.1, 0.15) is 11.1 Å². The standard InChI is InChI=1S/C10H8ClFS/c1-6-3-2-4-7-8(5-11)10(12)13-9(6)7/h2-4H,5H2,1H3. The minimum atomic E-state index is -0.153. The van der Waals surface area contributed by atoms with Gasteiger partial charge >= 0.3 is 0 Å². The molecule has 68 valence electrons. The number of fused-ring (bicyclic) bond motifs is 1. The van der Waals surface area contributed by atoms with Gasteiger partial charge in [-0.2, -0.15) is 4.39 Å². The molecule has 0 saturated heterocycles. The van der Waals surface area contributed by atoms with Gasteiger partial charge in [-0.25, -0.2) is 0 Å². The number of thiophene rings is 1.